The zero-order valence-electron chi connectivity index (χ0n) is 10.6. The Morgan fingerprint density at radius 2 is 1.82 bits per heavy atom. The second kappa shape index (κ2) is 5.15. The van der Waals surface area contributed by atoms with Gasteiger partial charge < -0.3 is 10.3 Å². The fraction of sp³-hybridized carbons (Fsp3) is 0.357. The van der Waals surface area contributed by atoms with E-state index in [1.165, 1.54) is 11.1 Å². The third kappa shape index (κ3) is 2.94. The predicted octanol–water partition coefficient (Wildman–Crippen LogP) is 3.13. The molecule has 1 aromatic carbocycles. The van der Waals surface area contributed by atoms with E-state index in [0.717, 1.165) is 5.82 Å². The normalized spacial score (nSPS) is 14.5. The minimum atomic E-state index is 0.223. The summed E-state index contributed by atoms with van der Waals surface area (Å²) in [6, 6.07) is 9.16. The lowest BCUT2D eigenvalue weighted by Crippen LogP contribution is -2.23. The molecule has 2 unspecified atom stereocenters. The Morgan fingerprint density at radius 3 is 2.41 bits per heavy atom. The van der Waals surface area contributed by atoms with Crippen LogP contribution in [-0.2, 0) is 0 Å². The third-order valence-electron chi connectivity index (χ3n) is 3.01. The number of nitrogens with one attached hydrogen (secondary N) is 2. The van der Waals surface area contributed by atoms with E-state index in [1.807, 2.05) is 6.20 Å². The van der Waals surface area contributed by atoms with Gasteiger partial charge in [-0.15, -0.1) is 0 Å². The van der Waals surface area contributed by atoms with Gasteiger partial charge in [0.1, 0.15) is 5.82 Å². The summed E-state index contributed by atoms with van der Waals surface area (Å²) in [6.07, 6.45) is 3.63. The molecule has 0 radical (unpaired) electrons. The molecule has 2 aromatic rings. The van der Waals surface area contributed by atoms with Crippen molar-refractivity contribution in [3.8, 4) is 0 Å². The molecule has 0 fully saturated rings. The minimum absolute atomic E-state index is 0.223. The van der Waals surface area contributed by atoms with Crippen LogP contribution in [0.1, 0.15) is 42.9 Å². The lowest BCUT2D eigenvalue weighted by atomic mass is 10.1. The van der Waals surface area contributed by atoms with Crippen molar-refractivity contribution < 1.29 is 0 Å². The summed E-state index contributed by atoms with van der Waals surface area (Å²) in [5.41, 5.74) is 2.59. The van der Waals surface area contributed by atoms with E-state index in [0.29, 0.717) is 6.04 Å². The summed E-state index contributed by atoms with van der Waals surface area (Å²) < 4.78 is 0. The Morgan fingerprint density at radius 1 is 1.12 bits per heavy atom. The average molecular weight is 229 g/mol. The van der Waals surface area contributed by atoms with Crippen LogP contribution in [0.5, 0.6) is 0 Å². The molecule has 2 atom stereocenters. The highest BCUT2D eigenvalue weighted by Crippen LogP contribution is 2.17. The molecule has 90 valence electrons. The highest BCUT2D eigenvalue weighted by Gasteiger charge is 2.12. The van der Waals surface area contributed by atoms with Gasteiger partial charge in [0.2, 0.25) is 0 Å². The maximum absolute atomic E-state index is 4.26. The van der Waals surface area contributed by atoms with E-state index in [9.17, 15) is 0 Å². The van der Waals surface area contributed by atoms with E-state index >= 15 is 0 Å². The van der Waals surface area contributed by atoms with Crippen molar-refractivity contribution in [2.75, 3.05) is 0 Å². The molecule has 0 spiro atoms. The molecule has 0 aliphatic rings. The molecule has 0 saturated heterocycles. The van der Waals surface area contributed by atoms with Crippen molar-refractivity contribution in [3.05, 3.63) is 53.6 Å². The van der Waals surface area contributed by atoms with Crippen molar-refractivity contribution in [2.24, 2.45) is 0 Å². The number of aromatic amines is 1. The number of aryl methyl sites for hydroxylation is 1. The van der Waals surface area contributed by atoms with Crippen LogP contribution in [0.15, 0.2) is 36.7 Å². The van der Waals surface area contributed by atoms with Crippen LogP contribution in [0.2, 0.25) is 0 Å². The van der Waals surface area contributed by atoms with Crippen LogP contribution in [0.4, 0.5) is 0 Å². The first-order valence-electron chi connectivity index (χ1n) is 5.98. The Kier molecular flexibility index (Phi) is 3.59. The number of hydrogen-bond donors (Lipinski definition) is 2. The van der Waals surface area contributed by atoms with Crippen molar-refractivity contribution >= 4 is 0 Å². The molecule has 1 aromatic heterocycles. The van der Waals surface area contributed by atoms with Gasteiger partial charge in [-0.25, -0.2) is 4.98 Å². The number of H-pyrrole nitrogens is 1. The topological polar surface area (TPSA) is 40.7 Å². The van der Waals surface area contributed by atoms with Gasteiger partial charge in [0.25, 0.3) is 0 Å². The smallest absolute Gasteiger partial charge is 0.122 e. The standard InChI is InChI=1S/C14H19N3/c1-10-4-6-13(7-5-10)11(2)17-12(3)14-15-8-9-16-14/h4-9,11-12,17H,1-3H3,(H,15,16). The van der Waals surface area contributed by atoms with E-state index in [-0.39, 0.29) is 6.04 Å². The molecule has 1 heterocycles. The molecule has 17 heavy (non-hydrogen) atoms. The Bertz CT molecular complexity index is 445. The first kappa shape index (κ1) is 11.9. The Balaban J connectivity index is 2.01. The van der Waals surface area contributed by atoms with Crippen LogP contribution in [0, 0.1) is 6.92 Å². The summed E-state index contributed by atoms with van der Waals surface area (Å²) in [5, 5.41) is 3.52. The SMILES string of the molecule is Cc1ccc(C(C)NC(C)c2ncc[nH]2)cc1. The van der Waals surface area contributed by atoms with Gasteiger partial charge in [0.15, 0.2) is 0 Å². The highest BCUT2D eigenvalue weighted by molar-refractivity contribution is 5.23. The lowest BCUT2D eigenvalue weighted by molar-refractivity contribution is 0.479. The van der Waals surface area contributed by atoms with Crippen molar-refractivity contribution in [3.63, 3.8) is 0 Å². The fourth-order valence-corrected chi connectivity index (χ4v) is 1.92. The number of benzene rings is 1. The van der Waals surface area contributed by atoms with E-state index in [4.69, 9.17) is 0 Å². The number of aromatic nitrogens is 2. The first-order valence-corrected chi connectivity index (χ1v) is 5.98. The minimum Gasteiger partial charge on any atom is -0.347 e. The quantitative estimate of drug-likeness (QED) is 0.845. The van der Waals surface area contributed by atoms with Crippen LogP contribution >= 0.6 is 0 Å². The maximum Gasteiger partial charge on any atom is 0.122 e. The average Bonchev–Trinajstić information content (AvgIpc) is 2.83. The van der Waals surface area contributed by atoms with Gasteiger partial charge in [-0.1, -0.05) is 29.8 Å². The number of imidazole rings is 1. The van der Waals surface area contributed by atoms with Gasteiger partial charge in [-0.3, -0.25) is 0 Å². The van der Waals surface area contributed by atoms with Gasteiger partial charge in [-0.05, 0) is 26.3 Å². The molecule has 3 nitrogen and oxygen atoms in total. The Labute approximate surface area is 102 Å². The van der Waals surface area contributed by atoms with Crippen LogP contribution in [0.25, 0.3) is 0 Å². The largest absolute Gasteiger partial charge is 0.347 e. The predicted molar refractivity (Wildman–Crippen MR) is 69.7 cm³/mol. The molecular weight excluding hydrogens is 210 g/mol. The molecule has 2 N–H and O–H groups in total. The van der Waals surface area contributed by atoms with Crippen molar-refractivity contribution in [2.45, 2.75) is 32.9 Å². The highest BCUT2D eigenvalue weighted by atomic mass is 15.0. The second-order valence-electron chi connectivity index (χ2n) is 4.50. The molecule has 0 bridgehead atoms. The number of nitrogens with zero attached hydrogens (tertiary/aromatic N) is 1. The molecule has 0 amide bonds. The van der Waals surface area contributed by atoms with Crippen LogP contribution in [0.3, 0.4) is 0 Å². The summed E-state index contributed by atoms with van der Waals surface area (Å²) in [4.78, 5) is 7.39. The number of hydrogen-bond acceptors (Lipinski definition) is 2. The van der Waals surface area contributed by atoms with E-state index < -0.39 is 0 Å². The zero-order chi connectivity index (χ0) is 12.3. The molecule has 3 heteroatoms. The van der Waals surface area contributed by atoms with Crippen LogP contribution in [-0.4, -0.2) is 9.97 Å². The molecule has 0 aliphatic carbocycles. The molecule has 0 aliphatic heterocycles. The Hall–Kier alpha value is -1.61. The van der Waals surface area contributed by atoms with Crippen molar-refractivity contribution in [1.82, 2.24) is 15.3 Å². The van der Waals surface area contributed by atoms with Gasteiger partial charge >= 0.3 is 0 Å². The summed E-state index contributed by atoms with van der Waals surface area (Å²) in [5.74, 6) is 0.976. The van der Waals surface area contributed by atoms with Crippen LogP contribution < -0.4 is 5.32 Å². The maximum atomic E-state index is 4.26. The summed E-state index contributed by atoms with van der Waals surface area (Å²) >= 11 is 0. The first-order chi connectivity index (χ1) is 8.16. The fourth-order valence-electron chi connectivity index (χ4n) is 1.92. The zero-order valence-corrected chi connectivity index (χ0v) is 10.6. The number of rotatable bonds is 4. The lowest BCUT2D eigenvalue weighted by Gasteiger charge is -2.19. The third-order valence-corrected chi connectivity index (χ3v) is 3.01. The van der Waals surface area contributed by atoms with Gasteiger partial charge in [-0.2, -0.15) is 0 Å². The monoisotopic (exact) mass is 229 g/mol. The molecular formula is C14H19N3. The van der Waals surface area contributed by atoms with Gasteiger partial charge in [0.05, 0.1) is 6.04 Å². The summed E-state index contributed by atoms with van der Waals surface area (Å²) in [7, 11) is 0. The molecule has 0 saturated carbocycles. The van der Waals surface area contributed by atoms with Crippen molar-refractivity contribution in [1.29, 1.82) is 0 Å². The van der Waals surface area contributed by atoms with E-state index in [1.54, 1.807) is 6.20 Å². The second-order valence-corrected chi connectivity index (χ2v) is 4.50. The summed E-state index contributed by atoms with van der Waals surface area (Å²) in [6.45, 7) is 6.39. The molecule has 2 rings (SSSR count). The van der Waals surface area contributed by atoms with E-state index in [2.05, 4.69) is 60.3 Å². The van der Waals surface area contributed by atoms with Gasteiger partial charge in [0, 0.05) is 18.4 Å².